The van der Waals surface area contributed by atoms with Crippen LogP contribution in [0.15, 0.2) is 48.3 Å². The minimum atomic E-state index is -0.761. The predicted octanol–water partition coefficient (Wildman–Crippen LogP) is 7.73. The quantitative estimate of drug-likeness (QED) is 0.219. The van der Waals surface area contributed by atoms with E-state index in [9.17, 15) is 9.18 Å². The molecule has 0 aliphatic heterocycles. The van der Waals surface area contributed by atoms with E-state index in [4.69, 9.17) is 10.00 Å². The molecule has 0 atom stereocenters. The van der Waals surface area contributed by atoms with Crippen molar-refractivity contribution < 1.29 is 13.9 Å². The van der Waals surface area contributed by atoms with Crippen molar-refractivity contribution in [2.75, 3.05) is 0 Å². The van der Waals surface area contributed by atoms with Gasteiger partial charge in [-0.3, -0.25) is 4.79 Å². The predicted molar refractivity (Wildman–Crippen MR) is 130 cm³/mol. The zero-order valence-corrected chi connectivity index (χ0v) is 20.0. The van der Waals surface area contributed by atoms with Crippen molar-refractivity contribution in [3.05, 3.63) is 59.4 Å². The van der Waals surface area contributed by atoms with E-state index in [2.05, 4.69) is 31.2 Å². The lowest BCUT2D eigenvalue weighted by Crippen LogP contribution is -2.29. The fraction of sp³-hybridized carbons (Fsp3) is 0.586. The molecule has 2 aliphatic rings. The highest BCUT2D eigenvalue weighted by molar-refractivity contribution is 5.72. The summed E-state index contributed by atoms with van der Waals surface area (Å²) in [4.78, 5) is 12.7. The van der Waals surface area contributed by atoms with Crippen molar-refractivity contribution >= 4 is 5.97 Å². The summed E-state index contributed by atoms with van der Waals surface area (Å²) in [5.74, 6) is 0.521. The van der Waals surface area contributed by atoms with Crippen LogP contribution in [0.1, 0.15) is 94.6 Å². The fourth-order valence-electron chi connectivity index (χ4n) is 5.32. The van der Waals surface area contributed by atoms with Crippen LogP contribution in [-0.2, 0) is 16.0 Å². The number of hydrogen-bond donors (Lipinski definition) is 0. The van der Waals surface area contributed by atoms with Gasteiger partial charge in [0.25, 0.3) is 0 Å². The van der Waals surface area contributed by atoms with Crippen LogP contribution in [0, 0.1) is 23.2 Å². The number of halogens is 1. The number of benzene rings is 1. The van der Waals surface area contributed by atoms with Gasteiger partial charge in [0.2, 0.25) is 0 Å². The monoisotopic (exact) mass is 451 g/mol. The highest BCUT2D eigenvalue weighted by Gasteiger charge is 2.31. The molecule has 0 spiro atoms. The summed E-state index contributed by atoms with van der Waals surface area (Å²) in [6.07, 6.45) is 17.1. The second-order valence-corrected chi connectivity index (χ2v) is 9.75. The van der Waals surface area contributed by atoms with Gasteiger partial charge in [-0.25, -0.2) is 0 Å². The first-order valence-electron chi connectivity index (χ1n) is 12.8. The number of hydrogen-bond acceptors (Lipinski definition) is 3. The number of aryl methyl sites for hydroxylation is 1. The number of carbonyl (C=O) groups is 1. The summed E-state index contributed by atoms with van der Waals surface area (Å²) in [5, 5.41) is 8.38. The Hall–Kier alpha value is -2.41. The van der Waals surface area contributed by atoms with Crippen molar-refractivity contribution in [1.29, 1.82) is 5.26 Å². The van der Waals surface area contributed by atoms with Gasteiger partial charge in [-0.1, -0.05) is 49.8 Å². The zero-order valence-electron chi connectivity index (χ0n) is 20.0. The first-order chi connectivity index (χ1) is 16.1. The van der Waals surface area contributed by atoms with Crippen LogP contribution in [0.3, 0.4) is 0 Å². The van der Waals surface area contributed by atoms with Gasteiger partial charge in [0.05, 0.1) is 5.92 Å². The molecule has 0 unspecified atom stereocenters. The van der Waals surface area contributed by atoms with Crippen molar-refractivity contribution in [3.63, 3.8) is 0 Å². The van der Waals surface area contributed by atoms with Gasteiger partial charge in [0, 0.05) is 0 Å². The summed E-state index contributed by atoms with van der Waals surface area (Å²) in [7, 11) is 0. The van der Waals surface area contributed by atoms with E-state index in [1.54, 1.807) is 6.08 Å². The zero-order chi connectivity index (χ0) is 23.5. The Balaban J connectivity index is 1.33. The first kappa shape index (κ1) is 25.2. The normalized spacial score (nSPS) is 26.2. The summed E-state index contributed by atoms with van der Waals surface area (Å²) >= 11 is 0. The van der Waals surface area contributed by atoms with Crippen LogP contribution in [0.4, 0.5) is 4.39 Å². The van der Waals surface area contributed by atoms with E-state index in [1.165, 1.54) is 29.7 Å². The van der Waals surface area contributed by atoms with Gasteiger partial charge in [-0.15, -0.1) is 0 Å². The standard InChI is InChI=1S/C29H38FNO2/c1-2-6-22-9-13-24(14-10-22)25-15-17-26(18-16-25)29(32)33-28-19-11-23(12-20-28)7-4-3-5-8-27(30)21-31/h3,5,8-10,13-14,23,25-26,28H,2,4,6-7,11-12,15-20H2,1H3/t23-,25-,26-,28-. The molecule has 0 heterocycles. The molecule has 0 amide bonds. The van der Waals surface area contributed by atoms with Crippen molar-refractivity contribution in [1.82, 2.24) is 0 Å². The maximum atomic E-state index is 12.7. The van der Waals surface area contributed by atoms with E-state index >= 15 is 0 Å². The Morgan fingerprint density at radius 1 is 1.09 bits per heavy atom. The topological polar surface area (TPSA) is 50.1 Å². The molecular weight excluding hydrogens is 413 g/mol. The molecule has 0 saturated heterocycles. The third-order valence-electron chi connectivity index (χ3n) is 7.35. The molecule has 2 aliphatic carbocycles. The largest absolute Gasteiger partial charge is 0.462 e. The summed E-state index contributed by atoms with van der Waals surface area (Å²) in [5.41, 5.74) is 2.83. The summed E-state index contributed by atoms with van der Waals surface area (Å²) in [6, 6.07) is 10.6. The smallest absolute Gasteiger partial charge is 0.309 e. The molecule has 33 heavy (non-hydrogen) atoms. The Bertz CT molecular complexity index is 835. The molecule has 0 bridgehead atoms. The summed E-state index contributed by atoms with van der Waals surface area (Å²) < 4.78 is 18.6. The number of nitriles is 1. The minimum absolute atomic E-state index is 0.0180. The molecule has 2 fully saturated rings. The molecule has 2 saturated carbocycles. The van der Waals surface area contributed by atoms with E-state index in [0.29, 0.717) is 11.8 Å². The van der Waals surface area contributed by atoms with Crippen molar-refractivity contribution in [2.45, 2.75) is 96.0 Å². The molecule has 0 radical (unpaired) electrons. The molecule has 4 heteroatoms. The van der Waals surface area contributed by atoms with Gasteiger partial charge in [0.1, 0.15) is 12.2 Å². The van der Waals surface area contributed by atoms with Crippen LogP contribution in [0.25, 0.3) is 0 Å². The number of nitrogens with zero attached hydrogens (tertiary/aromatic N) is 1. The lowest BCUT2D eigenvalue weighted by Gasteiger charge is -2.31. The van der Waals surface area contributed by atoms with Gasteiger partial charge in [-0.05, 0) is 99.7 Å². The molecular formula is C29H38FNO2. The second kappa shape index (κ2) is 13.3. The van der Waals surface area contributed by atoms with Crippen LogP contribution >= 0.6 is 0 Å². The van der Waals surface area contributed by atoms with Gasteiger partial charge >= 0.3 is 5.97 Å². The third-order valence-corrected chi connectivity index (χ3v) is 7.35. The second-order valence-electron chi connectivity index (χ2n) is 9.75. The minimum Gasteiger partial charge on any atom is -0.462 e. The van der Waals surface area contributed by atoms with Gasteiger partial charge in [0.15, 0.2) is 5.83 Å². The van der Waals surface area contributed by atoms with E-state index < -0.39 is 5.83 Å². The maximum absolute atomic E-state index is 12.7. The molecule has 0 N–H and O–H groups in total. The van der Waals surface area contributed by atoms with E-state index in [1.807, 2.05) is 6.08 Å². The number of allylic oxidation sites excluding steroid dienone is 4. The van der Waals surface area contributed by atoms with Crippen molar-refractivity contribution in [2.24, 2.45) is 11.8 Å². The number of esters is 1. The number of rotatable bonds is 9. The molecule has 1 aromatic rings. The molecule has 3 rings (SSSR count). The average molecular weight is 452 g/mol. The SMILES string of the molecule is CCCc1ccc([C@H]2CC[C@H](C(=O)O[C@H]3CC[C@H](CCC=CC=C(F)C#N)CC3)CC2)cc1. The van der Waals surface area contributed by atoms with Crippen LogP contribution in [0.2, 0.25) is 0 Å². The highest BCUT2D eigenvalue weighted by Crippen LogP contribution is 2.37. The van der Waals surface area contributed by atoms with Crippen molar-refractivity contribution in [3.8, 4) is 6.07 Å². The lowest BCUT2D eigenvalue weighted by atomic mass is 9.78. The summed E-state index contributed by atoms with van der Waals surface area (Å²) in [6.45, 7) is 2.21. The Labute approximate surface area is 198 Å². The highest BCUT2D eigenvalue weighted by atomic mass is 19.1. The Morgan fingerprint density at radius 3 is 2.42 bits per heavy atom. The molecule has 0 aromatic heterocycles. The lowest BCUT2D eigenvalue weighted by molar-refractivity contribution is -0.157. The van der Waals surface area contributed by atoms with Crippen LogP contribution in [-0.4, -0.2) is 12.1 Å². The average Bonchev–Trinajstić information content (AvgIpc) is 2.85. The molecule has 178 valence electrons. The number of carbonyl (C=O) groups excluding carboxylic acids is 1. The van der Waals surface area contributed by atoms with Crippen LogP contribution < -0.4 is 0 Å². The molecule has 1 aromatic carbocycles. The van der Waals surface area contributed by atoms with Crippen LogP contribution in [0.5, 0.6) is 0 Å². The Kier molecular flexibility index (Phi) is 10.2. The van der Waals surface area contributed by atoms with E-state index in [0.717, 1.165) is 70.6 Å². The molecule has 3 nitrogen and oxygen atoms in total. The first-order valence-corrected chi connectivity index (χ1v) is 12.8. The third kappa shape index (κ3) is 8.14. The van der Waals surface area contributed by atoms with E-state index in [-0.39, 0.29) is 18.0 Å². The maximum Gasteiger partial charge on any atom is 0.309 e. The fourth-order valence-corrected chi connectivity index (χ4v) is 5.32. The van der Waals surface area contributed by atoms with Gasteiger partial charge < -0.3 is 4.74 Å². The Morgan fingerprint density at radius 2 is 1.79 bits per heavy atom. The number of ether oxygens (including phenoxy) is 1. The van der Waals surface area contributed by atoms with Gasteiger partial charge in [-0.2, -0.15) is 9.65 Å².